The molecule has 0 N–H and O–H groups in total. The molecular weight excluding hydrogens is 298 g/mol. The van der Waals surface area contributed by atoms with Crippen LogP contribution in [0.25, 0.3) is 0 Å². The van der Waals surface area contributed by atoms with E-state index in [9.17, 15) is 8.42 Å². The lowest BCUT2D eigenvalue weighted by Gasteiger charge is -2.31. The van der Waals surface area contributed by atoms with Gasteiger partial charge in [0.1, 0.15) is 0 Å². The third-order valence-corrected chi connectivity index (χ3v) is 6.61. The summed E-state index contributed by atoms with van der Waals surface area (Å²) in [6.45, 7) is 4.53. The van der Waals surface area contributed by atoms with Crippen molar-refractivity contribution in [3.05, 3.63) is 29.3 Å². The molecule has 0 saturated carbocycles. The van der Waals surface area contributed by atoms with Crippen molar-refractivity contribution >= 4 is 10.0 Å². The number of fused-ring (bicyclic) bond motifs is 1. The van der Waals surface area contributed by atoms with Gasteiger partial charge in [-0.15, -0.1) is 0 Å². The summed E-state index contributed by atoms with van der Waals surface area (Å²) in [4.78, 5) is 0.463. The zero-order valence-corrected chi connectivity index (χ0v) is 14.1. The molecule has 1 atom stereocenters. The van der Waals surface area contributed by atoms with E-state index >= 15 is 0 Å². The molecule has 5 heteroatoms. The average molecular weight is 323 g/mol. The van der Waals surface area contributed by atoms with Crippen LogP contribution in [-0.2, 0) is 27.6 Å². The molecule has 1 aliphatic heterocycles. The van der Waals surface area contributed by atoms with Crippen LogP contribution in [0.4, 0.5) is 0 Å². The Balaban J connectivity index is 1.77. The van der Waals surface area contributed by atoms with Crippen LogP contribution in [0.1, 0.15) is 37.3 Å². The van der Waals surface area contributed by atoms with Crippen molar-refractivity contribution in [3.63, 3.8) is 0 Å². The van der Waals surface area contributed by atoms with E-state index in [1.54, 1.807) is 10.4 Å². The van der Waals surface area contributed by atoms with Crippen LogP contribution in [0.2, 0.25) is 0 Å². The van der Waals surface area contributed by atoms with Gasteiger partial charge in [-0.05, 0) is 68.2 Å². The van der Waals surface area contributed by atoms with Crippen molar-refractivity contribution < 1.29 is 13.2 Å². The fourth-order valence-electron chi connectivity index (χ4n) is 3.52. The minimum Gasteiger partial charge on any atom is -0.381 e. The van der Waals surface area contributed by atoms with E-state index in [2.05, 4.69) is 0 Å². The fraction of sp³-hybridized carbons (Fsp3) is 0.647. The maximum atomic E-state index is 12.9. The molecule has 1 aromatic rings. The van der Waals surface area contributed by atoms with Crippen LogP contribution < -0.4 is 0 Å². The van der Waals surface area contributed by atoms with E-state index in [1.807, 2.05) is 19.1 Å². The molecule has 0 spiro atoms. The average Bonchev–Trinajstić information content (AvgIpc) is 3.00. The van der Waals surface area contributed by atoms with Crippen molar-refractivity contribution in [1.29, 1.82) is 0 Å². The number of nitrogens with zero attached hydrogens (tertiary/aromatic N) is 1. The lowest BCUT2D eigenvalue weighted by atomic mass is 10.0. The van der Waals surface area contributed by atoms with Crippen molar-refractivity contribution in [2.24, 2.45) is 5.92 Å². The van der Waals surface area contributed by atoms with Gasteiger partial charge in [0, 0.05) is 19.7 Å². The summed E-state index contributed by atoms with van der Waals surface area (Å²) in [6, 6.07) is 5.67. The zero-order chi connectivity index (χ0) is 15.6. The van der Waals surface area contributed by atoms with E-state index in [4.69, 9.17) is 4.74 Å². The molecule has 3 rings (SSSR count). The van der Waals surface area contributed by atoms with E-state index in [0.29, 0.717) is 37.1 Å². The Hall–Kier alpha value is -0.910. The van der Waals surface area contributed by atoms with Crippen LogP contribution in [0.3, 0.4) is 0 Å². The Morgan fingerprint density at radius 1 is 1.23 bits per heavy atom. The van der Waals surface area contributed by atoms with Gasteiger partial charge in [0.2, 0.25) is 10.0 Å². The molecule has 1 aliphatic carbocycles. The molecule has 2 aliphatic rings. The number of piperidine rings is 1. The van der Waals surface area contributed by atoms with Gasteiger partial charge >= 0.3 is 0 Å². The Kier molecular flexibility index (Phi) is 4.85. The first-order chi connectivity index (χ1) is 10.6. The maximum absolute atomic E-state index is 12.9. The highest BCUT2D eigenvalue weighted by molar-refractivity contribution is 7.89. The van der Waals surface area contributed by atoms with Gasteiger partial charge < -0.3 is 4.74 Å². The van der Waals surface area contributed by atoms with E-state index in [-0.39, 0.29) is 0 Å². The normalized spacial score (nSPS) is 22.7. The number of hydrogen-bond acceptors (Lipinski definition) is 3. The minimum atomic E-state index is -3.36. The summed E-state index contributed by atoms with van der Waals surface area (Å²) in [5.41, 5.74) is 2.52. The second-order valence-corrected chi connectivity index (χ2v) is 8.25. The second kappa shape index (κ2) is 6.69. The molecule has 1 heterocycles. The molecule has 0 radical (unpaired) electrons. The first-order valence-corrected chi connectivity index (χ1v) is 9.75. The standard InChI is InChI=1S/C17H25NO3S/c1-2-21-13-14-5-4-10-18(12-14)22(19,20)17-9-8-15-6-3-7-16(15)11-17/h8-9,11,14H,2-7,10,12-13H2,1H3. The molecule has 1 fully saturated rings. The lowest BCUT2D eigenvalue weighted by Crippen LogP contribution is -2.41. The van der Waals surface area contributed by atoms with E-state index in [1.165, 1.54) is 11.1 Å². The molecule has 0 bridgehead atoms. The Morgan fingerprint density at radius 3 is 2.86 bits per heavy atom. The summed E-state index contributed by atoms with van der Waals surface area (Å²) in [5.74, 6) is 0.318. The smallest absolute Gasteiger partial charge is 0.243 e. The van der Waals surface area contributed by atoms with Gasteiger partial charge in [-0.2, -0.15) is 4.31 Å². The van der Waals surface area contributed by atoms with Crippen LogP contribution in [0.5, 0.6) is 0 Å². The van der Waals surface area contributed by atoms with Gasteiger partial charge in [-0.1, -0.05) is 6.07 Å². The quantitative estimate of drug-likeness (QED) is 0.837. The van der Waals surface area contributed by atoms with Gasteiger partial charge in [0.15, 0.2) is 0 Å². The lowest BCUT2D eigenvalue weighted by molar-refractivity contribution is 0.0864. The Morgan fingerprint density at radius 2 is 2.05 bits per heavy atom. The topological polar surface area (TPSA) is 46.6 Å². The predicted molar refractivity (Wildman–Crippen MR) is 86.4 cm³/mol. The van der Waals surface area contributed by atoms with E-state index in [0.717, 1.165) is 32.1 Å². The minimum absolute atomic E-state index is 0.318. The fourth-order valence-corrected chi connectivity index (χ4v) is 5.13. The summed E-state index contributed by atoms with van der Waals surface area (Å²) >= 11 is 0. The van der Waals surface area contributed by atoms with Crippen molar-refractivity contribution in [1.82, 2.24) is 4.31 Å². The van der Waals surface area contributed by atoms with Crippen molar-refractivity contribution in [2.45, 2.75) is 43.9 Å². The molecule has 1 saturated heterocycles. The molecule has 1 aromatic carbocycles. The Labute approximate surface area is 133 Å². The highest BCUT2D eigenvalue weighted by atomic mass is 32.2. The zero-order valence-electron chi connectivity index (χ0n) is 13.3. The number of benzene rings is 1. The first-order valence-electron chi connectivity index (χ1n) is 8.31. The Bertz CT molecular complexity index is 627. The summed E-state index contributed by atoms with van der Waals surface area (Å²) in [5, 5.41) is 0. The molecule has 0 aromatic heterocycles. The van der Waals surface area contributed by atoms with E-state index < -0.39 is 10.0 Å². The molecule has 122 valence electrons. The van der Waals surface area contributed by atoms with Crippen LogP contribution in [-0.4, -0.2) is 39.0 Å². The van der Waals surface area contributed by atoms with Gasteiger partial charge in [-0.3, -0.25) is 0 Å². The summed E-state index contributed by atoms with van der Waals surface area (Å²) in [6.07, 6.45) is 5.19. The number of sulfonamides is 1. The summed E-state index contributed by atoms with van der Waals surface area (Å²) in [7, 11) is -3.36. The molecular formula is C17H25NO3S. The highest BCUT2D eigenvalue weighted by Gasteiger charge is 2.30. The van der Waals surface area contributed by atoms with Gasteiger partial charge in [0.25, 0.3) is 0 Å². The summed E-state index contributed by atoms with van der Waals surface area (Å²) < 4.78 is 32.9. The molecule has 4 nitrogen and oxygen atoms in total. The molecule has 0 amide bonds. The van der Waals surface area contributed by atoms with Crippen molar-refractivity contribution in [2.75, 3.05) is 26.3 Å². The second-order valence-electron chi connectivity index (χ2n) is 6.31. The third kappa shape index (κ3) is 3.21. The van der Waals surface area contributed by atoms with Crippen LogP contribution in [0.15, 0.2) is 23.1 Å². The number of rotatable bonds is 5. The van der Waals surface area contributed by atoms with Crippen LogP contribution in [0, 0.1) is 5.92 Å². The maximum Gasteiger partial charge on any atom is 0.243 e. The first kappa shape index (κ1) is 16.0. The molecule has 1 unspecified atom stereocenters. The van der Waals surface area contributed by atoms with Crippen molar-refractivity contribution in [3.8, 4) is 0 Å². The number of aryl methyl sites for hydroxylation is 2. The third-order valence-electron chi connectivity index (χ3n) is 4.75. The number of ether oxygens (including phenoxy) is 1. The van der Waals surface area contributed by atoms with Gasteiger partial charge in [-0.25, -0.2) is 8.42 Å². The number of hydrogen-bond donors (Lipinski definition) is 0. The SMILES string of the molecule is CCOCC1CCCN(S(=O)(=O)c2ccc3c(c2)CCC3)C1. The highest BCUT2D eigenvalue weighted by Crippen LogP contribution is 2.28. The monoisotopic (exact) mass is 323 g/mol. The van der Waals surface area contributed by atoms with Crippen LogP contribution >= 0.6 is 0 Å². The molecule has 22 heavy (non-hydrogen) atoms. The predicted octanol–water partition coefficient (Wildman–Crippen LogP) is 2.61. The largest absolute Gasteiger partial charge is 0.381 e. The van der Waals surface area contributed by atoms with Gasteiger partial charge in [0.05, 0.1) is 11.5 Å².